The number of rotatable bonds is 8. The average Bonchev–Trinajstić information content (AvgIpc) is 2.93. The van der Waals surface area contributed by atoms with Gasteiger partial charge in [-0.25, -0.2) is 26.4 Å². The van der Waals surface area contributed by atoms with Gasteiger partial charge in [0.2, 0.25) is 0 Å². The molecule has 0 spiro atoms. The van der Waals surface area contributed by atoms with E-state index in [0.29, 0.717) is 38.8 Å². The molecule has 2 aliphatic rings. The van der Waals surface area contributed by atoms with Gasteiger partial charge in [0.1, 0.15) is 0 Å². The Balaban J connectivity index is 1.28. The fourth-order valence-corrected chi connectivity index (χ4v) is 8.06. The van der Waals surface area contributed by atoms with Gasteiger partial charge in [0.15, 0.2) is 19.7 Å². The van der Waals surface area contributed by atoms with Crippen LogP contribution in [0.4, 0.5) is 0 Å². The first-order valence-electron chi connectivity index (χ1n) is 12.4. The summed E-state index contributed by atoms with van der Waals surface area (Å²) in [5.74, 6) is -1.69. The summed E-state index contributed by atoms with van der Waals surface area (Å²) in [6, 6.07) is 16.3. The first-order valence-corrected chi connectivity index (χ1v) is 15.5. The summed E-state index contributed by atoms with van der Waals surface area (Å²) >= 11 is 0. The molecule has 0 bridgehead atoms. The smallest absolute Gasteiger partial charge is 0.349 e. The van der Waals surface area contributed by atoms with Crippen LogP contribution < -0.4 is 0 Å². The predicted octanol–water partition coefficient (Wildman–Crippen LogP) is 2.34. The second-order valence-electron chi connectivity index (χ2n) is 9.17. The molecule has 2 aromatic carbocycles. The summed E-state index contributed by atoms with van der Waals surface area (Å²) in [5.41, 5.74) is 0. The van der Waals surface area contributed by atoms with Crippen molar-refractivity contribution < 1.29 is 36.1 Å². The van der Waals surface area contributed by atoms with Crippen molar-refractivity contribution in [3.05, 3.63) is 72.8 Å². The lowest BCUT2D eigenvalue weighted by atomic mass is 10.2. The molecule has 0 amide bonds. The van der Waals surface area contributed by atoms with Gasteiger partial charge in [-0.2, -0.15) is 0 Å². The topological polar surface area (TPSA) is 127 Å². The number of sulfone groups is 2. The van der Waals surface area contributed by atoms with Crippen molar-refractivity contribution in [2.45, 2.75) is 46.0 Å². The summed E-state index contributed by atoms with van der Waals surface area (Å²) in [7, 11) is -7.16. The van der Waals surface area contributed by atoms with Gasteiger partial charge < -0.3 is 9.68 Å². The second kappa shape index (κ2) is 12.2. The molecule has 2 fully saturated rings. The molecule has 12 heteroatoms. The van der Waals surface area contributed by atoms with Crippen molar-refractivity contribution in [1.82, 2.24) is 10.1 Å². The van der Waals surface area contributed by atoms with Crippen molar-refractivity contribution in [3.63, 3.8) is 0 Å². The van der Waals surface area contributed by atoms with Gasteiger partial charge in [0.05, 0.1) is 33.4 Å². The number of hydrogen-bond acceptors (Lipinski definition) is 10. The van der Waals surface area contributed by atoms with Crippen molar-refractivity contribution in [2.75, 3.05) is 26.2 Å². The minimum Gasteiger partial charge on any atom is -0.364 e. The first-order chi connectivity index (χ1) is 18.2. The maximum absolute atomic E-state index is 12.9. The molecule has 0 radical (unpaired) electrons. The monoisotopic (exact) mass is 562 g/mol. The Hall–Kier alpha value is -3.06. The zero-order valence-electron chi connectivity index (χ0n) is 20.7. The van der Waals surface area contributed by atoms with Gasteiger partial charge >= 0.3 is 11.9 Å². The van der Waals surface area contributed by atoms with Crippen LogP contribution in [-0.4, -0.2) is 75.6 Å². The highest BCUT2D eigenvalue weighted by atomic mass is 32.2. The molecule has 0 aromatic heterocycles. The largest absolute Gasteiger partial charge is 0.364 e. The zero-order chi connectivity index (χ0) is 27.2. The van der Waals surface area contributed by atoms with Crippen LogP contribution in [0.15, 0.2) is 82.6 Å². The van der Waals surface area contributed by atoms with Gasteiger partial charge in [0.25, 0.3) is 0 Å². The molecule has 4 rings (SSSR count). The summed E-state index contributed by atoms with van der Waals surface area (Å²) in [6.45, 7) is 0.782. The summed E-state index contributed by atoms with van der Waals surface area (Å²) < 4.78 is 51.6. The third-order valence-electron chi connectivity index (χ3n) is 6.50. The van der Waals surface area contributed by atoms with E-state index in [-0.39, 0.29) is 22.9 Å². The van der Waals surface area contributed by atoms with Gasteiger partial charge in [-0.15, -0.1) is 10.1 Å². The van der Waals surface area contributed by atoms with E-state index in [1.165, 1.54) is 34.4 Å². The number of carbonyl (C=O) groups excluding carboxylic acids is 2. The van der Waals surface area contributed by atoms with Gasteiger partial charge in [-0.1, -0.05) is 36.4 Å². The molecule has 10 nitrogen and oxygen atoms in total. The Morgan fingerprint density at radius 2 is 1.03 bits per heavy atom. The highest BCUT2D eigenvalue weighted by Gasteiger charge is 2.34. The van der Waals surface area contributed by atoms with E-state index >= 15 is 0 Å². The Morgan fingerprint density at radius 1 is 0.658 bits per heavy atom. The number of carbonyl (C=O) groups is 2. The zero-order valence-corrected chi connectivity index (χ0v) is 22.3. The molecule has 2 aromatic rings. The van der Waals surface area contributed by atoms with Crippen LogP contribution in [0.3, 0.4) is 0 Å². The third kappa shape index (κ3) is 6.87. The molecule has 0 N–H and O–H groups in total. The molecule has 2 saturated heterocycles. The standard InChI is InChI=1S/C26H30N2O8S2/c29-25(35-27-17-7-13-23(19-27)37(31,32)21-9-3-1-4-10-21)15-16-26(30)36-28-18-8-14-24(20-28)38(33,34)22-11-5-2-6-12-22/h1-6,9-12,15-16,23-24H,7-8,13-14,17-20H2/b16-15-. The van der Waals surface area contributed by atoms with E-state index in [1.807, 2.05) is 0 Å². The number of hydrogen-bond donors (Lipinski definition) is 0. The van der Waals surface area contributed by atoms with Crippen molar-refractivity contribution in [3.8, 4) is 0 Å². The van der Waals surface area contributed by atoms with Gasteiger partial charge in [-0.05, 0) is 49.9 Å². The molecular weight excluding hydrogens is 532 g/mol. The minimum atomic E-state index is -3.58. The Labute approximate surface area is 222 Å². The normalized spacial score (nSPS) is 21.7. The first kappa shape index (κ1) is 28.0. The van der Waals surface area contributed by atoms with Crippen molar-refractivity contribution >= 4 is 31.6 Å². The number of benzene rings is 2. The molecular formula is C26H30N2O8S2. The molecule has 38 heavy (non-hydrogen) atoms. The lowest BCUT2D eigenvalue weighted by Crippen LogP contribution is -2.43. The van der Waals surface area contributed by atoms with Gasteiger partial charge in [0, 0.05) is 25.2 Å². The minimum absolute atomic E-state index is 0.0201. The van der Waals surface area contributed by atoms with Crippen molar-refractivity contribution in [2.24, 2.45) is 0 Å². The Kier molecular flexibility index (Phi) is 8.98. The quantitative estimate of drug-likeness (QED) is 0.442. The fourth-order valence-electron chi connectivity index (χ4n) is 4.54. The van der Waals surface area contributed by atoms with E-state index in [4.69, 9.17) is 9.68 Å². The van der Waals surface area contributed by atoms with Crippen LogP contribution in [0.1, 0.15) is 25.7 Å². The Bertz CT molecular complexity index is 1260. The third-order valence-corrected chi connectivity index (χ3v) is 10.9. The Morgan fingerprint density at radius 3 is 1.39 bits per heavy atom. The molecule has 0 saturated carbocycles. The van der Waals surface area contributed by atoms with E-state index in [0.717, 1.165) is 12.2 Å². The van der Waals surface area contributed by atoms with Crippen LogP contribution in [0.2, 0.25) is 0 Å². The molecule has 2 unspecified atom stereocenters. The molecule has 2 atom stereocenters. The molecule has 2 aliphatic heterocycles. The van der Waals surface area contributed by atoms with E-state index < -0.39 is 42.1 Å². The predicted molar refractivity (Wildman–Crippen MR) is 138 cm³/mol. The SMILES string of the molecule is O=C(/C=C\C(=O)ON1CCCC(S(=O)(=O)c2ccccc2)C1)ON1CCCC(S(=O)(=O)c2ccccc2)C1. The van der Waals surface area contributed by atoms with E-state index in [2.05, 4.69) is 0 Å². The van der Waals surface area contributed by atoms with E-state index in [9.17, 15) is 26.4 Å². The van der Waals surface area contributed by atoms with Crippen LogP contribution in [0.25, 0.3) is 0 Å². The summed E-state index contributed by atoms with van der Waals surface area (Å²) in [6.07, 6.45) is 3.75. The average molecular weight is 563 g/mol. The number of piperidine rings is 2. The lowest BCUT2D eigenvalue weighted by Gasteiger charge is -2.30. The summed E-state index contributed by atoms with van der Waals surface area (Å²) in [4.78, 5) is 35.5. The van der Waals surface area contributed by atoms with Crippen LogP contribution in [-0.2, 0) is 38.9 Å². The fraction of sp³-hybridized carbons (Fsp3) is 0.385. The highest BCUT2D eigenvalue weighted by Crippen LogP contribution is 2.25. The number of nitrogens with zero attached hydrogens (tertiary/aromatic N) is 2. The maximum atomic E-state index is 12.9. The van der Waals surface area contributed by atoms with Crippen molar-refractivity contribution in [1.29, 1.82) is 0 Å². The summed E-state index contributed by atoms with van der Waals surface area (Å²) in [5, 5.41) is 1.13. The highest BCUT2D eigenvalue weighted by molar-refractivity contribution is 7.92. The molecule has 204 valence electrons. The van der Waals surface area contributed by atoms with E-state index in [1.54, 1.807) is 36.4 Å². The molecule has 0 aliphatic carbocycles. The van der Waals surface area contributed by atoms with Crippen LogP contribution >= 0.6 is 0 Å². The number of hydroxylamine groups is 4. The second-order valence-corrected chi connectivity index (χ2v) is 13.6. The lowest BCUT2D eigenvalue weighted by molar-refractivity contribution is -0.190. The van der Waals surface area contributed by atoms with Crippen LogP contribution in [0.5, 0.6) is 0 Å². The van der Waals surface area contributed by atoms with Gasteiger partial charge in [-0.3, -0.25) is 0 Å². The maximum Gasteiger partial charge on any atom is 0.349 e. The van der Waals surface area contributed by atoms with Crippen LogP contribution in [0, 0.1) is 0 Å². The molecule has 2 heterocycles.